The van der Waals surface area contributed by atoms with Crippen molar-refractivity contribution in [3.05, 3.63) is 0 Å². The lowest BCUT2D eigenvalue weighted by Crippen LogP contribution is -2.51. The molecule has 0 fully saturated rings. The van der Waals surface area contributed by atoms with Crippen LogP contribution in [-0.2, 0) is 9.47 Å². The van der Waals surface area contributed by atoms with Crippen LogP contribution in [-0.4, -0.2) is 27.2 Å². The maximum Gasteiger partial charge on any atom is 0.154 e. The summed E-state index contributed by atoms with van der Waals surface area (Å²) in [6, 6.07) is 0. The first kappa shape index (κ1) is 18.1. The van der Waals surface area contributed by atoms with Gasteiger partial charge in [-0.25, -0.2) is 0 Å². The van der Waals surface area contributed by atoms with Crippen LogP contribution in [0.25, 0.3) is 0 Å². The Kier molecular flexibility index (Phi) is 7.72. The van der Waals surface area contributed by atoms with E-state index in [1.165, 1.54) is 25.7 Å². The molecule has 0 saturated heterocycles. The van der Waals surface area contributed by atoms with Crippen molar-refractivity contribution in [2.45, 2.75) is 90.5 Å². The topological polar surface area (TPSA) is 18.5 Å². The maximum atomic E-state index is 6.18. The minimum Gasteiger partial charge on any atom is -0.356 e. The Balaban J connectivity index is 4.73. The fourth-order valence-electron chi connectivity index (χ4n) is 1.95. The highest BCUT2D eigenvalue weighted by molar-refractivity contribution is 6.81. The van der Waals surface area contributed by atoms with Gasteiger partial charge in [-0.05, 0) is 18.4 Å². The van der Waals surface area contributed by atoms with Gasteiger partial charge in [-0.15, -0.1) is 0 Å². The van der Waals surface area contributed by atoms with Gasteiger partial charge in [0.2, 0.25) is 0 Å². The molecule has 2 atom stereocenters. The van der Waals surface area contributed by atoms with E-state index >= 15 is 0 Å². The van der Waals surface area contributed by atoms with Crippen molar-refractivity contribution in [2.24, 2.45) is 0 Å². The Hall–Kier alpha value is 0.137. The summed E-state index contributed by atoms with van der Waals surface area (Å²) in [5.41, 5.74) is 0.388. The summed E-state index contributed by atoms with van der Waals surface area (Å²) in [6.45, 7) is 16.2. The Morgan fingerprint density at radius 1 is 1.11 bits per heavy atom. The molecule has 0 saturated carbocycles. The first-order valence-corrected chi connectivity index (χ1v) is 10.4. The largest absolute Gasteiger partial charge is 0.356 e. The molecule has 0 aromatic heterocycles. The highest BCUT2D eigenvalue weighted by Crippen LogP contribution is 2.40. The molecular weight excluding hydrogens is 240 g/mol. The van der Waals surface area contributed by atoms with Crippen molar-refractivity contribution in [2.75, 3.05) is 7.11 Å². The van der Waals surface area contributed by atoms with Gasteiger partial charge in [0.1, 0.15) is 0 Å². The highest BCUT2D eigenvalue weighted by atomic mass is 28.3. The zero-order chi connectivity index (χ0) is 14.4. The minimum absolute atomic E-state index is 0.0919. The van der Waals surface area contributed by atoms with Crippen LogP contribution in [0, 0.1) is 0 Å². The van der Waals surface area contributed by atoms with Crippen LogP contribution in [0.15, 0.2) is 0 Å². The normalized spacial score (nSPS) is 16.7. The molecule has 0 N–H and O–H groups in total. The fourth-order valence-corrected chi connectivity index (χ4v) is 4.37. The van der Waals surface area contributed by atoms with Crippen LogP contribution >= 0.6 is 0 Å². The molecule has 0 bridgehead atoms. The first-order chi connectivity index (χ1) is 8.16. The van der Waals surface area contributed by atoms with Crippen molar-refractivity contribution >= 4 is 8.07 Å². The third-order valence-corrected chi connectivity index (χ3v) is 10.4. The van der Waals surface area contributed by atoms with Crippen molar-refractivity contribution in [1.29, 1.82) is 0 Å². The van der Waals surface area contributed by atoms with Gasteiger partial charge in [-0.2, -0.15) is 0 Å². The standard InChI is InChI=1S/C15H34O2Si/c1-9-10-11-12-14(17-13(2)16-6)18(7,8)15(3,4)5/h13-14H,9-12H2,1-8H3. The molecule has 0 aromatic carbocycles. The Labute approximate surface area is 115 Å². The van der Waals surface area contributed by atoms with Crippen LogP contribution in [0.1, 0.15) is 60.3 Å². The number of unbranched alkanes of at least 4 members (excludes halogenated alkanes) is 2. The van der Waals surface area contributed by atoms with E-state index in [-0.39, 0.29) is 6.29 Å². The van der Waals surface area contributed by atoms with E-state index in [9.17, 15) is 0 Å². The van der Waals surface area contributed by atoms with Crippen molar-refractivity contribution < 1.29 is 9.47 Å². The molecule has 3 heteroatoms. The van der Waals surface area contributed by atoms with Crippen LogP contribution in [0.4, 0.5) is 0 Å². The molecule has 0 radical (unpaired) electrons. The zero-order valence-corrected chi connectivity index (χ0v) is 14.8. The molecule has 0 amide bonds. The summed E-state index contributed by atoms with van der Waals surface area (Å²) >= 11 is 0. The Morgan fingerprint density at radius 3 is 2.06 bits per heavy atom. The average molecular weight is 275 g/mol. The van der Waals surface area contributed by atoms with Gasteiger partial charge in [-0.3, -0.25) is 0 Å². The van der Waals surface area contributed by atoms with Gasteiger partial charge in [0.15, 0.2) is 6.29 Å². The van der Waals surface area contributed by atoms with E-state index in [4.69, 9.17) is 9.47 Å². The average Bonchev–Trinajstić information content (AvgIpc) is 2.26. The second-order valence-corrected chi connectivity index (χ2v) is 12.5. The lowest BCUT2D eigenvalue weighted by molar-refractivity contribution is -0.127. The van der Waals surface area contributed by atoms with Gasteiger partial charge in [-0.1, -0.05) is 60.1 Å². The molecule has 0 aromatic rings. The molecule has 0 heterocycles. The summed E-state index contributed by atoms with van der Waals surface area (Å²) in [7, 11) is 0.256. The molecule has 2 unspecified atom stereocenters. The van der Waals surface area contributed by atoms with Crippen LogP contribution in [0.5, 0.6) is 0 Å². The number of hydrogen-bond donors (Lipinski definition) is 0. The van der Waals surface area contributed by atoms with Gasteiger partial charge in [0.25, 0.3) is 0 Å². The van der Waals surface area contributed by atoms with Gasteiger partial charge in [0.05, 0.1) is 13.8 Å². The van der Waals surface area contributed by atoms with Gasteiger partial charge in [0, 0.05) is 7.11 Å². The second kappa shape index (κ2) is 7.66. The van der Waals surface area contributed by atoms with E-state index < -0.39 is 8.07 Å². The fraction of sp³-hybridized carbons (Fsp3) is 1.00. The lowest BCUT2D eigenvalue weighted by Gasteiger charge is -2.43. The highest BCUT2D eigenvalue weighted by Gasteiger charge is 2.43. The van der Waals surface area contributed by atoms with E-state index in [1.54, 1.807) is 7.11 Å². The van der Waals surface area contributed by atoms with Crippen molar-refractivity contribution in [3.63, 3.8) is 0 Å². The monoisotopic (exact) mass is 274 g/mol. The molecule has 0 spiro atoms. The van der Waals surface area contributed by atoms with Crippen molar-refractivity contribution in [1.82, 2.24) is 0 Å². The Bertz CT molecular complexity index is 221. The zero-order valence-electron chi connectivity index (χ0n) is 13.8. The van der Waals surface area contributed by atoms with E-state index in [0.29, 0.717) is 10.8 Å². The van der Waals surface area contributed by atoms with Crippen molar-refractivity contribution in [3.8, 4) is 0 Å². The van der Waals surface area contributed by atoms with E-state index in [2.05, 4.69) is 40.8 Å². The van der Waals surface area contributed by atoms with E-state index in [0.717, 1.165) is 0 Å². The summed E-state index contributed by atoms with van der Waals surface area (Å²) in [5.74, 6) is 0. The SMILES string of the molecule is CCCCCC(OC(C)OC)[Si](C)(C)C(C)(C)C. The Morgan fingerprint density at radius 2 is 1.67 bits per heavy atom. The first-order valence-electron chi connectivity index (χ1n) is 7.35. The number of methoxy groups -OCH3 is 1. The second-order valence-electron chi connectivity index (χ2n) is 6.90. The lowest BCUT2D eigenvalue weighted by atomic mass is 10.2. The summed E-state index contributed by atoms with van der Waals surface area (Å²) in [4.78, 5) is 0. The van der Waals surface area contributed by atoms with Crippen LogP contribution in [0.2, 0.25) is 18.1 Å². The van der Waals surface area contributed by atoms with Crippen LogP contribution in [0.3, 0.4) is 0 Å². The molecule has 2 nitrogen and oxygen atoms in total. The molecule has 0 aliphatic rings. The molecule has 0 aliphatic carbocycles. The molecule has 0 aliphatic heterocycles. The minimum atomic E-state index is -1.47. The molecule has 18 heavy (non-hydrogen) atoms. The molecule has 110 valence electrons. The smallest absolute Gasteiger partial charge is 0.154 e. The van der Waals surface area contributed by atoms with Gasteiger partial charge < -0.3 is 9.47 Å². The summed E-state index contributed by atoms with van der Waals surface area (Å²) in [6.07, 6.45) is 4.92. The predicted molar refractivity (Wildman–Crippen MR) is 82.7 cm³/mol. The molecular formula is C15H34O2Si. The quantitative estimate of drug-likeness (QED) is 0.352. The maximum absolute atomic E-state index is 6.18. The number of hydrogen-bond acceptors (Lipinski definition) is 2. The number of rotatable bonds is 8. The summed E-state index contributed by atoms with van der Waals surface area (Å²) < 4.78 is 11.5. The number of ether oxygens (including phenoxy) is 2. The van der Waals surface area contributed by atoms with E-state index in [1.807, 2.05) is 6.92 Å². The van der Waals surface area contributed by atoms with Crippen LogP contribution < -0.4 is 0 Å². The summed E-state index contributed by atoms with van der Waals surface area (Å²) in [5, 5.41) is 0.358. The predicted octanol–water partition coefficient (Wildman–Crippen LogP) is 4.99. The third-order valence-electron chi connectivity index (χ3n) is 4.50. The van der Waals surface area contributed by atoms with Gasteiger partial charge >= 0.3 is 0 Å². The third kappa shape index (κ3) is 5.41. The molecule has 0 rings (SSSR count).